The molecule has 0 bridgehead atoms. The smallest absolute Gasteiger partial charge is 0.129 e. The summed E-state index contributed by atoms with van der Waals surface area (Å²) < 4.78 is 0. The number of hydrogen-bond acceptors (Lipinski definition) is 4. The molecule has 16 heavy (non-hydrogen) atoms. The van der Waals surface area contributed by atoms with Crippen molar-refractivity contribution in [1.82, 2.24) is 9.97 Å². The lowest BCUT2D eigenvalue weighted by atomic mass is 10.3. The van der Waals surface area contributed by atoms with Gasteiger partial charge < -0.3 is 5.73 Å². The van der Waals surface area contributed by atoms with Crippen LogP contribution in [0.4, 0.5) is 5.82 Å². The molecule has 2 N–H and O–H groups in total. The lowest BCUT2D eigenvalue weighted by Gasteiger charge is -2.02. The van der Waals surface area contributed by atoms with E-state index in [1.54, 1.807) is 30.2 Å². The molecule has 0 saturated heterocycles. The molecule has 2 heterocycles. The summed E-state index contributed by atoms with van der Waals surface area (Å²) in [6.45, 7) is 0. The third-order valence-corrected chi connectivity index (χ3v) is 3.21. The fourth-order valence-electron chi connectivity index (χ4n) is 1.18. The Labute approximate surface area is 103 Å². The zero-order valence-corrected chi connectivity index (χ0v) is 10.0. The first kappa shape index (κ1) is 11.2. The van der Waals surface area contributed by atoms with Gasteiger partial charge in [-0.05, 0) is 29.8 Å². The third kappa shape index (κ3) is 3.12. The van der Waals surface area contributed by atoms with Gasteiger partial charge in [0.2, 0.25) is 0 Å². The summed E-state index contributed by atoms with van der Waals surface area (Å²) in [6, 6.07) is 7.56. The number of nitrogens with zero attached hydrogens (tertiary/aromatic N) is 2. The monoisotopic (exact) mass is 251 g/mol. The van der Waals surface area contributed by atoms with E-state index in [4.69, 9.17) is 17.3 Å². The van der Waals surface area contributed by atoms with Gasteiger partial charge in [-0.3, -0.25) is 0 Å². The highest BCUT2D eigenvalue weighted by atomic mass is 35.5. The minimum atomic E-state index is 0.522. The number of anilines is 1. The standard InChI is InChI=1S/C11H10ClN3S/c12-10-5-8(3-4-14-10)7-16-9-1-2-11(13)15-6-9/h1-6H,7H2,(H2,13,15). The van der Waals surface area contributed by atoms with E-state index in [0.717, 1.165) is 16.2 Å². The molecule has 2 rings (SSSR count). The van der Waals surface area contributed by atoms with E-state index < -0.39 is 0 Å². The van der Waals surface area contributed by atoms with Crippen LogP contribution in [0.2, 0.25) is 5.15 Å². The van der Waals surface area contributed by atoms with Gasteiger partial charge in [-0.15, -0.1) is 11.8 Å². The summed E-state index contributed by atoms with van der Waals surface area (Å²) in [6.07, 6.45) is 3.47. The Bertz CT molecular complexity index is 473. The molecule has 0 aliphatic heterocycles. The zero-order valence-electron chi connectivity index (χ0n) is 8.43. The van der Waals surface area contributed by atoms with Crippen LogP contribution in [0.25, 0.3) is 0 Å². The molecular weight excluding hydrogens is 242 g/mol. The van der Waals surface area contributed by atoms with Crippen molar-refractivity contribution >= 4 is 29.2 Å². The number of nitrogen functional groups attached to an aromatic ring is 1. The van der Waals surface area contributed by atoms with Crippen molar-refractivity contribution in [1.29, 1.82) is 0 Å². The Balaban J connectivity index is 1.99. The molecule has 2 aromatic rings. The second kappa shape index (κ2) is 5.18. The Kier molecular flexibility index (Phi) is 3.64. The predicted octanol–water partition coefficient (Wildman–Crippen LogP) is 3.00. The summed E-state index contributed by atoms with van der Waals surface area (Å²) in [7, 11) is 0. The van der Waals surface area contributed by atoms with Crippen LogP contribution in [-0.4, -0.2) is 9.97 Å². The molecule has 82 valence electrons. The van der Waals surface area contributed by atoms with E-state index in [1.807, 2.05) is 18.2 Å². The number of pyridine rings is 2. The number of thioether (sulfide) groups is 1. The molecule has 0 radical (unpaired) electrons. The van der Waals surface area contributed by atoms with Gasteiger partial charge in [0.1, 0.15) is 11.0 Å². The molecule has 0 atom stereocenters. The third-order valence-electron chi connectivity index (χ3n) is 1.96. The highest BCUT2D eigenvalue weighted by Gasteiger charge is 1.98. The summed E-state index contributed by atoms with van der Waals surface area (Å²) in [5.41, 5.74) is 6.65. The molecule has 0 aliphatic rings. The minimum absolute atomic E-state index is 0.522. The molecule has 0 aliphatic carbocycles. The van der Waals surface area contributed by atoms with E-state index >= 15 is 0 Å². The molecule has 3 nitrogen and oxygen atoms in total. The number of aromatic nitrogens is 2. The first-order chi connectivity index (χ1) is 7.74. The molecule has 0 amide bonds. The van der Waals surface area contributed by atoms with Crippen LogP contribution in [-0.2, 0) is 5.75 Å². The largest absolute Gasteiger partial charge is 0.384 e. The van der Waals surface area contributed by atoms with Crippen molar-refractivity contribution in [3.05, 3.63) is 47.4 Å². The van der Waals surface area contributed by atoms with Crippen LogP contribution in [0.1, 0.15) is 5.56 Å². The quantitative estimate of drug-likeness (QED) is 0.673. The lowest BCUT2D eigenvalue weighted by Crippen LogP contribution is -1.88. The summed E-state index contributed by atoms with van der Waals surface area (Å²) in [4.78, 5) is 9.05. The van der Waals surface area contributed by atoms with Crippen LogP contribution in [0.5, 0.6) is 0 Å². The maximum atomic E-state index is 5.80. The van der Waals surface area contributed by atoms with Crippen molar-refractivity contribution < 1.29 is 0 Å². The van der Waals surface area contributed by atoms with Crippen molar-refractivity contribution in [2.45, 2.75) is 10.6 Å². The lowest BCUT2D eigenvalue weighted by molar-refractivity contribution is 1.23. The minimum Gasteiger partial charge on any atom is -0.384 e. The summed E-state index contributed by atoms with van der Waals surface area (Å²) in [5.74, 6) is 1.38. The van der Waals surface area contributed by atoms with E-state index in [0.29, 0.717) is 11.0 Å². The molecular formula is C11H10ClN3S. The normalized spacial score (nSPS) is 10.3. The molecule has 0 spiro atoms. The molecule has 0 saturated carbocycles. The van der Waals surface area contributed by atoms with Gasteiger partial charge in [0.15, 0.2) is 0 Å². The second-order valence-corrected chi connectivity index (χ2v) is 4.63. The number of rotatable bonds is 3. The predicted molar refractivity (Wildman–Crippen MR) is 67.5 cm³/mol. The Hall–Kier alpha value is -1.26. The van der Waals surface area contributed by atoms with Crippen LogP contribution in [0.3, 0.4) is 0 Å². The maximum absolute atomic E-state index is 5.80. The average Bonchev–Trinajstić information content (AvgIpc) is 2.28. The highest BCUT2D eigenvalue weighted by molar-refractivity contribution is 7.98. The first-order valence-electron chi connectivity index (χ1n) is 4.69. The first-order valence-corrected chi connectivity index (χ1v) is 6.05. The van der Waals surface area contributed by atoms with E-state index in [2.05, 4.69) is 9.97 Å². The molecule has 0 fully saturated rings. The van der Waals surface area contributed by atoms with Gasteiger partial charge in [0.05, 0.1) is 0 Å². The van der Waals surface area contributed by atoms with Crippen LogP contribution < -0.4 is 5.73 Å². The average molecular weight is 252 g/mol. The molecule has 5 heteroatoms. The van der Waals surface area contributed by atoms with E-state index in [-0.39, 0.29) is 0 Å². The fourth-order valence-corrected chi connectivity index (χ4v) is 2.18. The zero-order chi connectivity index (χ0) is 11.4. The fraction of sp³-hybridized carbons (Fsp3) is 0.0909. The van der Waals surface area contributed by atoms with Gasteiger partial charge >= 0.3 is 0 Å². The SMILES string of the molecule is Nc1ccc(SCc2ccnc(Cl)c2)cn1. The molecule has 0 aromatic carbocycles. The Morgan fingerprint density at radius 2 is 2.12 bits per heavy atom. The van der Waals surface area contributed by atoms with Crippen molar-refractivity contribution in [2.75, 3.05) is 5.73 Å². The number of hydrogen-bond donors (Lipinski definition) is 1. The van der Waals surface area contributed by atoms with Crippen LogP contribution in [0, 0.1) is 0 Å². The van der Waals surface area contributed by atoms with Gasteiger partial charge in [-0.2, -0.15) is 0 Å². The van der Waals surface area contributed by atoms with Crippen molar-refractivity contribution in [2.24, 2.45) is 0 Å². The Morgan fingerprint density at radius 3 is 2.81 bits per heavy atom. The van der Waals surface area contributed by atoms with E-state index in [1.165, 1.54) is 0 Å². The van der Waals surface area contributed by atoms with Gasteiger partial charge in [-0.1, -0.05) is 11.6 Å². The Morgan fingerprint density at radius 1 is 1.25 bits per heavy atom. The second-order valence-electron chi connectivity index (χ2n) is 3.19. The number of nitrogens with two attached hydrogens (primary N) is 1. The molecule has 2 aromatic heterocycles. The maximum Gasteiger partial charge on any atom is 0.129 e. The molecule has 0 unspecified atom stereocenters. The van der Waals surface area contributed by atoms with Gasteiger partial charge in [0, 0.05) is 23.0 Å². The summed E-state index contributed by atoms with van der Waals surface area (Å²) in [5, 5.41) is 0.522. The highest BCUT2D eigenvalue weighted by Crippen LogP contribution is 2.22. The van der Waals surface area contributed by atoms with Gasteiger partial charge in [-0.25, -0.2) is 9.97 Å². The topological polar surface area (TPSA) is 51.8 Å². The van der Waals surface area contributed by atoms with Crippen molar-refractivity contribution in [3.8, 4) is 0 Å². The van der Waals surface area contributed by atoms with E-state index in [9.17, 15) is 0 Å². The van der Waals surface area contributed by atoms with Crippen molar-refractivity contribution in [3.63, 3.8) is 0 Å². The van der Waals surface area contributed by atoms with Crippen LogP contribution in [0.15, 0.2) is 41.6 Å². The van der Waals surface area contributed by atoms with Gasteiger partial charge in [0.25, 0.3) is 0 Å². The number of halogens is 1. The van der Waals surface area contributed by atoms with Crippen LogP contribution >= 0.6 is 23.4 Å². The summed E-state index contributed by atoms with van der Waals surface area (Å²) >= 11 is 7.48.